The van der Waals surface area contributed by atoms with Crippen LogP contribution in [0.5, 0.6) is 23.0 Å². The molecule has 0 aliphatic rings. The Morgan fingerprint density at radius 2 is 1.53 bits per heavy atom. The average molecular weight is 519 g/mol. The van der Waals surface area contributed by atoms with E-state index in [9.17, 15) is 20.1 Å². The molecule has 0 heterocycles. The molecular weight excluding hydrogens is 476 g/mol. The van der Waals surface area contributed by atoms with Crippen LogP contribution in [0.3, 0.4) is 0 Å². The number of methoxy groups -OCH3 is 1. The third-order valence-electron chi connectivity index (χ3n) is 6.43. The molecule has 0 fully saturated rings. The van der Waals surface area contributed by atoms with Gasteiger partial charge in [0.2, 0.25) is 0 Å². The number of phenolic OH excluding ortho intramolecular Hbond substituents is 3. The first-order chi connectivity index (χ1) is 18.1. The molecule has 0 bridgehead atoms. The third-order valence-corrected chi connectivity index (χ3v) is 6.43. The SMILES string of the molecule is COc1cc(C=CC[C@@H](CC=C(C)CCC=C(C)CCC=C(C)C)C(=O)c2ccc(O)cc2O)ccc1O. The lowest BCUT2D eigenvalue weighted by molar-refractivity contribution is 0.0919. The number of hydrogen-bond acceptors (Lipinski definition) is 5. The van der Waals surface area contributed by atoms with E-state index in [2.05, 4.69) is 45.9 Å². The van der Waals surface area contributed by atoms with Crippen molar-refractivity contribution in [3.05, 3.63) is 88.5 Å². The predicted molar refractivity (Wildman–Crippen MR) is 156 cm³/mol. The smallest absolute Gasteiger partial charge is 0.170 e. The first-order valence-electron chi connectivity index (χ1n) is 13.1. The summed E-state index contributed by atoms with van der Waals surface area (Å²) in [5, 5.41) is 29.7. The number of ketones is 1. The van der Waals surface area contributed by atoms with E-state index < -0.39 is 0 Å². The zero-order valence-corrected chi connectivity index (χ0v) is 23.3. The number of carbonyl (C=O) groups is 1. The van der Waals surface area contributed by atoms with Crippen LogP contribution in [-0.4, -0.2) is 28.2 Å². The van der Waals surface area contributed by atoms with E-state index in [4.69, 9.17) is 4.74 Å². The molecule has 0 saturated heterocycles. The number of benzene rings is 2. The Morgan fingerprint density at radius 3 is 2.18 bits per heavy atom. The number of ether oxygens (including phenoxy) is 1. The first-order valence-corrected chi connectivity index (χ1v) is 13.1. The van der Waals surface area contributed by atoms with Gasteiger partial charge in [0.25, 0.3) is 0 Å². The van der Waals surface area contributed by atoms with Gasteiger partial charge in [-0.05, 0) is 96.0 Å². The third kappa shape index (κ3) is 10.3. The fourth-order valence-corrected chi connectivity index (χ4v) is 4.11. The summed E-state index contributed by atoms with van der Waals surface area (Å²) in [4.78, 5) is 13.4. The Morgan fingerprint density at radius 1 is 0.842 bits per heavy atom. The van der Waals surface area contributed by atoms with Gasteiger partial charge in [-0.3, -0.25) is 4.79 Å². The molecule has 2 rings (SSSR count). The van der Waals surface area contributed by atoms with E-state index in [-0.39, 0.29) is 34.5 Å². The minimum absolute atomic E-state index is 0.0686. The molecule has 5 nitrogen and oxygen atoms in total. The molecule has 0 saturated carbocycles. The molecule has 3 N–H and O–H groups in total. The summed E-state index contributed by atoms with van der Waals surface area (Å²) in [6, 6.07) is 9.14. The van der Waals surface area contributed by atoms with E-state index >= 15 is 0 Å². The zero-order chi connectivity index (χ0) is 28.1. The van der Waals surface area contributed by atoms with Gasteiger partial charge in [-0.25, -0.2) is 0 Å². The van der Waals surface area contributed by atoms with Gasteiger partial charge in [-0.2, -0.15) is 0 Å². The summed E-state index contributed by atoms with van der Waals surface area (Å²) >= 11 is 0. The van der Waals surface area contributed by atoms with Crippen LogP contribution >= 0.6 is 0 Å². The highest BCUT2D eigenvalue weighted by atomic mass is 16.5. The van der Waals surface area contributed by atoms with Gasteiger partial charge in [0.1, 0.15) is 11.5 Å². The van der Waals surface area contributed by atoms with Crippen molar-refractivity contribution in [2.75, 3.05) is 7.11 Å². The predicted octanol–water partition coefficient (Wildman–Crippen LogP) is 8.52. The van der Waals surface area contributed by atoms with Gasteiger partial charge in [0.05, 0.1) is 12.7 Å². The van der Waals surface area contributed by atoms with Crippen molar-refractivity contribution in [3.63, 3.8) is 0 Å². The maximum atomic E-state index is 13.4. The summed E-state index contributed by atoms with van der Waals surface area (Å²) in [5.41, 5.74) is 5.00. The van der Waals surface area contributed by atoms with Gasteiger partial charge >= 0.3 is 0 Å². The Kier molecular flexibility index (Phi) is 12.4. The van der Waals surface area contributed by atoms with E-state index in [0.29, 0.717) is 18.6 Å². The molecule has 0 aliphatic heterocycles. The maximum absolute atomic E-state index is 13.4. The number of phenols is 3. The second-order valence-corrected chi connectivity index (χ2v) is 10.0. The number of carbonyl (C=O) groups excluding carboxylic acids is 1. The monoisotopic (exact) mass is 518 g/mol. The molecule has 0 radical (unpaired) electrons. The first kappa shape index (κ1) is 30.5. The Balaban J connectivity index is 2.11. The van der Waals surface area contributed by atoms with Crippen molar-refractivity contribution in [2.24, 2.45) is 5.92 Å². The van der Waals surface area contributed by atoms with Crippen molar-refractivity contribution in [2.45, 2.75) is 66.2 Å². The summed E-state index contributed by atoms with van der Waals surface area (Å²) in [7, 11) is 1.50. The highest BCUT2D eigenvalue weighted by molar-refractivity contribution is 6.00. The van der Waals surface area contributed by atoms with Gasteiger partial charge < -0.3 is 20.1 Å². The molecule has 38 heavy (non-hydrogen) atoms. The normalized spacial score (nSPS) is 13.0. The summed E-state index contributed by atoms with van der Waals surface area (Å²) in [5.74, 6) is -0.405. The van der Waals surface area contributed by atoms with Crippen LogP contribution in [0.2, 0.25) is 0 Å². The van der Waals surface area contributed by atoms with Crippen molar-refractivity contribution in [1.82, 2.24) is 0 Å². The highest BCUT2D eigenvalue weighted by Gasteiger charge is 2.21. The second-order valence-electron chi connectivity index (χ2n) is 10.0. The largest absolute Gasteiger partial charge is 0.508 e. The van der Waals surface area contributed by atoms with Crippen LogP contribution in [0.4, 0.5) is 0 Å². The molecule has 0 aromatic heterocycles. The maximum Gasteiger partial charge on any atom is 0.170 e. The number of Topliss-reactive ketones (excluding diaryl/α,β-unsaturated/α-hetero) is 1. The number of allylic oxidation sites excluding steroid dienone is 7. The van der Waals surface area contributed by atoms with Crippen molar-refractivity contribution < 1.29 is 24.9 Å². The summed E-state index contributed by atoms with van der Waals surface area (Å²) in [6.07, 6.45) is 15.5. The summed E-state index contributed by atoms with van der Waals surface area (Å²) < 4.78 is 5.17. The molecule has 0 spiro atoms. The lowest BCUT2D eigenvalue weighted by atomic mass is 9.89. The van der Waals surface area contributed by atoms with Crippen LogP contribution in [0.1, 0.15) is 82.1 Å². The molecule has 2 aromatic rings. The van der Waals surface area contributed by atoms with Crippen LogP contribution in [0, 0.1) is 5.92 Å². The minimum atomic E-state index is -0.378. The van der Waals surface area contributed by atoms with Crippen LogP contribution < -0.4 is 4.74 Å². The van der Waals surface area contributed by atoms with E-state index in [1.165, 1.54) is 42.0 Å². The van der Waals surface area contributed by atoms with Crippen molar-refractivity contribution in [1.29, 1.82) is 0 Å². The van der Waals surface area contributed by atoms with Crippen LogP contribution in [0.15, 0.2) is 77.4 Å². The molecule has 0 amide bonds. The average Bonchev–Trinajstić information content (AvgIpc) is 2.86. The van der Waals surface area contributed by atoms with E-state index in [0.717, 1.165) is 31.2 Å². The molecular formula is C33H42O5. The van der Waals surface area contributed by atoms with Gasteiger partial charge in [-0.15, -0.1) is 0 Å². The lowest BCUT2D eigenvalue weighted by Gasteiger charge is -2.14. The Hall–Kier alpha value is -3.73. The Bertz CT molecular complexity index is 1200. The summed E-state index contributed by atoms with van der Waals surface area (Å²) in [6.45, 7) is 8.50. The highest BCUT2D eigenvalue weighted by Crippen LogP contribution is 2.29. The van der Waals surface area contributed by atoms with E-state index in [1.807, 2.05) is 12.2 Å². The van der Waals surface area contributed by atoms with Crippen molar-refractivity contribution >= 4 is 11.9 Å². The molecule has 0 unspecified atom stereocenters. The van der Waals surface area contributed by atoms with E-state index in [1.54, 1.807) is 18.2 Å². The Labute approximate surface area is 227 Å². The molecule has 2 aromatic carbocycles. The lowest BCUT2D eigenvalue weighted by Crippen LogP contribution is -2.14. The molecule has 5 heteroatoms. The molecule has 204 valence electrons. The fourth-order valence-electron chi connectivity index (χ4n) is 4.11. The van der Waals surface area contributed by atoms with Gasteiger partial charge in [0, 0.05) is 12.0 Å². The quantitative estimate of drug-likeness (QED) is 0.172. The standard InChI is InChI=1S/C33H42O5/c1-23(2)9-6-10-24(3)11-7-12-25(4)15-17-27(33(37)29-19-18-28(34)22-31(29)36)14-8-13-26-16-20-30(35)32(21-26)38-5/h8-9,11,13,15-16,18-22,27,34-36H,6-7,10,12,14,17H2,1-5H3/t27-/m0/s1. The topological polar surface area (TPSA) is 87.0 Å². The molecule has 0 aliphatic carbocycles. The van der Waals surface area contributed by atoms with Crippen LogP contribution in [0.25, 0.3) is 6.08 Å². The van der Waals surface area contributed by atoms with Gasteiger partial charge in [-0.1, -0.05) is 53.2 Å². The van der Waals surface area contributed by atoms with Crippen molar-refractivity contribution in [3.8, 4) is 23.0 Å². The number of rotatable bonds is 14. The van der Waals surface area contributed by atoms with Gasteiger partial charge in [0.15, 0.2) is 17.3 Å². The number of hydrogen-bond donors (Lipinski definition) is 3. The fraction of sp³-hybridized carbons (Fsp3) is 0.364. The van der Waals surface area contributed by atoms with Crippen LogP contribution in [-0.2, 0) is 0 Å². The molecule has 1 atom stereocenters. The number of aromatic hydroxyl groups is 3. The minimum Gasteiger partial charge on any atom is -0.508 e. The second kappa shape index (κ2) is 15.5. The zero-order valence-electron chi connectivity index (χ0n) is 23.3.